The van der Waals surface area contributed by atoms with E-state index in [0.29, 0.717) is 0 Å². The molecule has 0 rings (SSSR count). The molecule has 1 unspecified atom stereocenters. The summed E-state index contributed by atoms with van der Waals surface area (Å²) in [7, 11) is 1.27. The molecule has 2 N–H and O–H groups in total. The van der Waals surface area contributed by atoms with Crippen LogP contribution >= 0.6 is 0 Å². The van der Waals surface area contributed by atoms with Crippen LogP contribution in [0.1, 0.15) is 13.3 Å². The van der Waals surface area contributed by atoms with Gasteiger partial charge >= 0.3 is 11.9 Å². The topological polar surface area (TPSA) is 66.8 Å². The first-order chi connectivity index (χ1) is 5.75. The van der Waals surface area contributed by atoms with Crippen LogP contribution in [0.15, 0.2) is 0 Å². The van der Waals surface area contributed by atoms with Crippen molar-refractivity contribution in [3.05, 3.63) is 0 Å². The molecule has 78 valence electrons. The molecule has 0 aromatic rings. The summed E-state index contributed by atoms with van der Waals surface area (Å²) in [5.41, 5.74) is -2.59. The fourth-order valence-corrected chi connectivity index (χ4v) is 0.688. The minimum absolute atomic E-state index is 0.129. The van der Waals surface area contributed by atoms with E-state index in [1.54, 1.807) is 0 Å². The van der Waals surface area contributed by atoms with Crippen molar-refractivity contribution in [1.82, 2.24) is 0 Å². The van der Waals surface area contributed by atoms with Gasteiger partial charge in [-0.1, -0.05) is 0 Å². The molecule has 0 aromatic heterocycles. The summed E-state index contributed by atoms with van der Waals surface area (Å²) in [4.78, 5) is 10.1. The summed E-state index contributed by atoms with van der Waals surface area (Å²) in [6.07, 6.45) is -0.442. The third-order valence-corrected chi connectivity index (χ3v) is 1.74. The van der Waals surface area contributed by atoms with Crippen LogP contribution in [0.25, 0.3) is 0 Å². The van der Waals surface area contributed by atoms with Gasteiger partial charge in [0.15, 0.2) is 0 Å². The third-order valence-electron chi connectivity index (χ3n) is 1.74. The van der Waals surface area contributed by atoms with Gasteiger partial charge in [-0.3, -0.25) is 0 Å². The van der Waals surface area contributed by atoms with Gasteiger partial charge in [-0.05, 0) is 6.92 Å². The molecule has 0 radical (unpaired) electrons. The van der Waals surface area contributed by atoms with Gasteiger partial charge in [0.1, 0.15) is 5.60 Å². The van der Waals surface area contributed by atoms with E-state index in [9.17, 15) is 13.6 Å². The number of methoxy groups -OCH3 is 1. The Balaban J connectivity index is 4.50. The van der Waals surface area contributed by atoms with E-state index in [-0.39, 0.29) is 6.61 Å². The van der Waals surface area contributed by atoms with Crippen molar-refractivity contribution in [3.8, 4) is 0 Å². The second-order valence-corrected chi connectivity index (χ2v) is 2.90. The van der Waals surface area contributed by atoms with E-state index < -0.39 is 23.9 Å². The van der Waals surface area contributed by atoms with E-state index >= 15 is 0 Å². The number of rotatable bonds is 5. The lowest BCUT2D eigenvalue weighted by molar-refractivity contribution is -0.207. The highest BCUT2D eigenvalue weighted by Gasteiger charge is 2.55. The lowest BCUT2D eigenvalue weighted by Gasteiger charge is -2.28. The predicted molar refractivity (Wildman–Crippen MR) is 39.7 cm³/mol. The molecule has 6 heteroatoms. The van der Waals surface area contributed by atoms with Crippen LogP contribution in [0.2, 0.25) is 0 Å². The number of ether oxygens (including phenoxy) is 1. The monoisotopic (exact) mass is 198 g/mol. The zero-order valence-corrected chi connectivity index (χ0v) is 7.38. The van der Waals surface area contributed by atoms with E-state index in [1.165, 1.54) is 7.11 Å². The van der Waals surface area contributed by atoms with E-state index in [1.807, 2.05) is 0 Å². The molecule has 0 aliphatic carbocycles. The summed E-state index contributed by atoms with van der Waals surface area (Å²) >= 11 is 0. The Bertz CT molecular complexity index is 191. The van der Waals surface area contributed by atoms with Crippen LogP contribution in [0.5, 0.6) is 0 Å². The molecule has 0 bridgehead atoms. The maximum Gasteiger partial charge on any atom is 0.377 e. The van der Waals surface area contributed by atoms with Crippen LogP contribution in [-0.4, -0.2) is 41.4 Å². The van der Waals surface area contributed by atoms with Crippen LogP contribution in [0.4, 0.5) is 8.78 Å². The smallest absolute Gasteiger partial charge is 0.377 e. The van der Waals surface area contributed by atoms with Crippen molar-refractivity contribution in [2.24, 2.45) is 0 Å². The number of halogens is 2. The summed E-state index contributed by atoms with van der Waals surface area (Å²) in [5.74, 6) is -6.50. The summed E-state index contributed by atoms with van der Waals surface area (Å²) in [6.45, 7) is 0.635. The molecule has 0 saturated carbocycles. The van der Waals surface area contributed by atoms with Gasteiger partial charge in [0.2, 0.25) is 0 Å². The Morgan fingerprint density at radius 1 is 1.54 bits per heavy atom. The highest BCUT2D eigenvalue weighted by Crippen LogP contribution is 2.31. The zero-order valence-electron chi connectivity index (χ0n) is 7.38. The zero-order chi connectivity index (χ0) is 10.7. The quantitative estimate of drug-likeness (QED) is 0.674. The van der Waals surface area contributed by atoms with Gasteiger partial charge in [-0.15, -0.1) is 0 Å². The lowest BCUT2D eigenvalue weighted by atomic mass is 9.94. The Hall–Kier alpha value is -0.750. The van der Waals surface area contributed by atoms with Gasteiger partial charge in [0.05, 0.1) is 0 Å². The molecule has 0 fully saturated rings. The largest absolute Gasteiger partial charge is 0.477 e. The molecular weight excluding hydrogens is 186 g/mol. The average molecular weight is 198 g/mol. The number of carboxylic acids is 1. The first-order valence-electron chi connectivity index (χ1n) is 3.58. The summed E-state index contributed by atoms with van der Waals surface area (Å²) in [6, 6.07) is 0. The van der Waals surface area contributed by atoms with E-state index in [2.05, 4.69) is 4.74 Å². The van der Waals surface area contributed by atoms with Crippen LogP contribution in [0, 0.1) is 0 Å². The predicted octanol–water partition coefficient (Wildman–Crippen LogP) is 0.494. The first kappa shape index (κ1) is 12.2. The molecule has 0 aromatic carbocycles. The third kappa shape index (κ3) is 2.60. The van der Waals surface area contributed by atoms with Crippen molar-refractivity contribution in [1.29, 1.82) is 0 Å². The molecule has 4 nitrogen and oxygen atoms in total. The normalized spacial score (nSPS) is 16.7. The number of alkyl halides is 2. The SMILES string of the molecule is COCCC(C)(O)C(F)(F)C(=O)O. The lowest BCUT2D eigenvalue weighted by Crippen LogP contribution is -2.51. The van der Waals surface area contributed by atoms with Crippen molar-refractivity contribution in [2.75, 3.05) is 13.7 Å². The van der Waals surface area contributed by atoms with Crippen molar-refractivity contribution < 1.29 is 28.5 Å². The Morgan fingerprint density at radius 3 is 2.31 bits per heavy atom. The molecule has 0 saturated heterocycles. The molecule has 0 amide bonds. The molecule has 0 spiro atoms. The van der Waals surface area contributed by atoms with Gasteiger partial charge in [0, 0.05) is 20.1 Å². The average Bonchev–Trinajstić information content (AvgIpc) is 2.00. The van der Waals surface area contributed by atoms with Crippen LogP contribution in [0.3, 0.4) is 0 Å². The van der Waals surface area contributed by atoms with Gasteiger partial charge < -0.3 is 14.9 Å². The Morgan fingerprint density at radius 2 is 2.00 bits per heavy atom. The Labute approximate surface area is 74.1 Å². The van der Waals surface area contributed by atoms with Crippen molar-refractivity contribution in [3.63, 3.8) is 0 Å². The standard InChI is InChI=1S/C7H12F2O4/c1-6(12,3-4-13-2)7(8,9)5(10)11/h12H,3-4H2,1-2H3,(H,10,11). The number of aliphatic carboxylic acids is 1. The van der Waals surface area contributed by atoms with E-state index in [0.717, 1.165) is 6.92 Å². The van der Waals surface area contributed by atoms with Crippen molar-refractivity contribution in [2.45, 2.75) is 24.9 Å². The first-order valence-corrected chi connectivity index (χ1v) is 3.58. The van der Waals surface area contributed by atoms with Crippen LogP contribution < -0.4 is 0 Å². The number of carboxylic acid groups (broad SMARTS) is 1. The fourth-order valence-electron chi connectivity index (χ4n) is 0.688. The van der Waals surface area contributed by atoms with Gasteiger partial charge in [0.25, 0.3) is 0 Å². The molecule has 0 aliphatic rings. The molecule has 1 atom stereocenters. The maximum absolute atomic E-state index is 12.7. The molecular formula is C7H12F2O4. The highest BCUT2D eigenvalue weighted by atomic mass is 19.3. The molecule has 0 aliphatic heterocycles. The number of hydrogen-bond donors (Lipinski definition) is 2. The minimum atomic E-state index is -4.16. The Kier molecular flexibility index (Phi) is 3.74. The van der Waals surface area contributed by atoms with Crippen molar-refractivity contribution >= 4 is 5.97 Å². The molecule has 13 heavy (non-hydrogen) atoms. The number of hydrogen-bond acceptors (Lipinski definition) is 3. The second-order valence-electron chi connectivity index (χ2n) is 2.90. The van der Waals surface area contributed by atoms with Gasteiger partial charge in [-0.2, -0.15) is 8.78 Å². The molecule has 0 heterocycles. The number of aliphatic hydroxyl groups is 1. The van der Waals surface area contributed by atoms with E-state index in [4.69, 9.17) is 10.2 Å². The fraction of sp³-hybridized carbons (Fsp3) is 0.857. The minimum Gasteiger partial charge on any atom is -0.477 e. The van der Waals surface area contributed by atoms with Gasteiger partial charge in [-0.25, -0.2) is 4.79 Å². The summed E-state index contributed by atoms with van der Waals surface area (Å²) in [5, 5.41) is 17.3. The second kappa shape index (κ2) is 3.97. The highest BCUT2D eigenvalue weighted by molar-refractivity contribution is 5.76. The number of carbonyl (C=O) groups is 1. The maximum atomic E-state index is 12.7. The summed E-state index contributed by atoms with van der Waals surface area (Å²) < 4.78 is 30.0. The van der Waals surface area contributed by atoms with Crippen LogP contribution in [-0.2, 0) is 9.53 Å².